The summed E-state index contributed by atoms with van der Waals surface area (Å²) in [5.41, 5.74) is 3.78. The van der Waals surface area contributed by atoms with Crippen LogP contribution in [0.5, 0.6) is 5.75 Å². The molecule has 152 valence electrons. The van der Waals surface area contributed by atoms with Crippen LogP contribution in [0.1, 0.15) is 28.5 Å². The van der Waals surface area contributed by atoms with Gasteiger partial charge in [-0.05, 0) is 36.2 Å². The van der Waals surface area contributed by atoms with Crippen LogP contribution in [0.4, 0.5) is 0 Å². The van der Waals surface area contributed by atoms with Crippen molar-refractivity contribution < 1.29 is 14.3 Å². The van der Waals surface area contributed by atoms with Crippen LogP contribution in [0.2, 0.25) is 0 Å². The fraction of sp³-hybridized carbons (Fsp3) is 0.348. The van der Waals surface area contributed by atoms with Gasteiger partial charge in [-0.3, -0.25) is 9.69 Å². The number of methoxy groups -OCH3 is 1. The molecule has 6 nitrogen and oxygen atoms in total. The van der Waals surface area contributed by atoms with Crippen molar-refractivity contribution in [1.82, 2.24) is 15.2 Å². The van der Waals surface area contributed by atoms with E-state index in [-0.39, 0.29) is 12.0 Å². The summed E-state index contributed by atoms with van der Waals surface area (Å²) in [5, 5.41) is 3.99. The van der Waals surface area contributed by atoms with E-state index in [1.165, 1.54) is 5.56 Å². The third-order valence-electron chi connectivity index (χ3n) is 5.25. The minimum absolute atomic E-state index is 0.118. The van der Waals surface area contributed by atoms with E-state index in [0.29, 0.717) is 12.2 Å². The minimum atomic E-state index is -0.118. The highest BCUT2D eigenvalue weighted by atomic mass is 16.5. The molecule has 2 heterocycles. The standard InChI is InChI=1S/C23H27N3O3/c1-16-14-26(8-9-29-16)15-18-5-3-4-17(10-18)13-24-23(27)22-11-19-6-7-20(28-2)12-21(19)25-22/h3-7,10-12,16,25H,8-9,13-15H2,1-2H3,(H,24,27). The number of carbonyl (C=O) groups excluding carboxylic acids is 1. The lowest BCUT2D eigenvalue weighted by Crippen LogP contribution is -2.40. The Morgan fingerprint density at radius 3 is 2.93 bits per heavy atom. The number of nitrogens with one attached hydrogen (secondary N) is 2. The monoisotopic (exact) mass is 393 g/mol. The van der Waals surface area contributed by atoms with E-state index in [9.17, 15) is 4.79 Å². The molecule has 0 saturated carbocycles. The van der Waals surface area contributed by atoms with Gasteiger partial charge in [0.1, 0.15) is 11.4 Å². The summed E-state index contributed by atoms with van der Waals surface area (Å²) in [6.07, 6.45) is 0.280. The van der Waals surface area contributed by atoms with E-state index in [1.54, 1.807) is 7.11 Å². The van der Waals surface area contributed by atoms with Crippen molar-refractivity contribution in [3.05, 3.63) is 65.4 Å². The van der Waals surface area contributed by atoms with E-state index in [0.717, 1.165) is 48.5 Å². The van der Waals surface area contributed by atoms with Crippen molar-refractivity contribution in [1.29, 1.82) is 0 Å². The van der Waals surface area contributed by atoms with Crippen LogP contribution in [0.15, 0.2) is 48.5 Å². The molecular formula is C23H27N3O3. The Morgan fingerprint density at radius 1 is 1.24 bits per heavy atom. The summed E-state index contributed by atoms with van der Waals surface area (Å²) in [6, 6.07) is 16.0. The molecule has 3 aromatic rings. The van der Waals surface area contributed by atoms with Crippen molar-refractivity contribution in [2.45, 2.75) is 26.1 Å². The maximum atomic E-state index is 12.6. The van der Waals surface area contributed by atoms with Gasteiger partial charge in [0.15, 0.2) is 0 Å². The van der Waals surface area contributed by atoms with Crippen LogP contribution < -0.4 is 10.1 Å². The molecule has 29 heavy (non-hydrogen) atoms. The smallest absolute Gasteiger partial charge is 0.267 e. The number of amides is 1. The van der Waals surface area contributed by atoms with Crippen LogP contribution >= 0.6 is 0 Å². The number of hydrogen-bond donors (Lipinski definition) is 2. The largest absolute Gasteiger partial charge is 0.497 e. The molecule has 1 amide bonds. The normalized spacial score (nSPS) is 17.4. The SMILES string of the molecule is COc1ccc2cc(C(=O)NCc3cccc(CN4CCOC(C)C4)c3)[nH]c2c1. The summed E-state index contributed by atoms with van der Waals surface area (Å²) in [5.74, 6) is 0.644. The Kier molecular flexibility index (Phi) is 5.83. The first kappa shape index (κ1) is 19.5. The predicted molar refractivity (Wildman–Crippen MR) is 113 cm³/mol. The number of carbonyl (C=O) groups is 1. The first-order chi connectivity index (χ1) is 14.1. The lowest BCUT2D eigenvalue weighted by molar-refractivity contribution is -0.0212. The molecule has 2 N–H and O–H groups in total. The Bertz CT molecular complexity index is 998. The average Bonchev–Trinajstić information content (AvgIpc) is 3.15. The van der Waals surface area contributed by atoms with Gasteiger partial charge in [-0.25, -0.2) is 0 Å². The van der Waals surface area contributed by atoms with Crippen LogP contribution in [0, 0.1) is 0 Å². The van der Waals surface area contributed by atoms with Gasteiger partial charge in [0.2, 0.25) is 0 Å². The third kappa shape index (κ3) is 4.78. The van der Waals surface area contributed by atoms with Gasteiger partial charge in [-0.15, -0.1) is 0 Å². The number of nitrogens with zero attached hydrogens (tertiary/aromatic N) is 1. The second-order valence-corrected chi connectivity index (χ2v) is 7.56. The molecule has 0 bridgehead atoms. The molecule has 1 aliphatic heterocycles. The molecule has 1 saturated heterocycles. The molecule has 1 atom stereocenters. The quantitative estimate of drug-likeness (QED) is 0.674. The Hall–Kier alpha value is -2.83. The second-order valence-electron chi connectivity index (χ2n) is 7.56. The van der Waals surface area contributed by atoms with E-state index in [4.69, 9.17) is 9.47 Å². The maximum Gasteiger partial charge on any atom is 0.267 e. The second kappa shape index (κ2) is 8.68. The van der Waals surface area contributed by atoms with Gasteiger partial charge in [-0.1, -0.05) is 24.3 Å². The first-order valence-corrected chi connectivity index (χ1v) is 9.97. The van der Waals surface area contributed by atoms with Crippen LogP contribution in [0.25, 0.3) is 10.9 Å². The molecular weight excluding hydrogens is 366 g/mol. The van der Waals surface area contributed by atoms with Crippen molar-refractivity contribution in [2.24, 2.45) is 0 Å². The van der Waals surface area contributed by atoms with E-state index in [2.05, 4.69) is 40.3 Å². The first-order valence-electron chi connectivity index (χ1n) is 9.97. The molecule has 0 aliphatic carbocycles. The molecule has 0 spiro atoms. The van der Waals surface area contributed by atoms with Gasteiger partial charge < -0.3 is 19.8 Å². The minimum Gasteiger partial charge on any atom is -0.497 e. The molecule has 2 aromatic carbocycles. The zero-order valence-corrected chi connectivity index (χ0v) is 16.9. The molecule has 6 heteroatoms. The lowest BCUT2D eigenvalue weighted by atomic mass is 10.1. The zero-order chi connectivity index (χ0) is 20.2. The zero-order valence-electron chi connectivity index (χ0n) is 16.9. The average molecular weight is 393 g/mol. The van der Waals surface area contributed by atoms with E-state index < -0.39 is 0 Å². The van der Waals surface area contributed by atoms with Crippen molar-refractivity contribution >= 4 is 16.8 Å². The van der Waals surface area contributed by atoms with Crippen molar-refractivity contribution in [2.75, 3.05) is 26.8 Å². The number of morpholine rings is 1. The Balaban J connectivity index is 1.38. The van der Waals surface area contributed by atoms with Gasteiger partial charge in [0, 0.05) is 43.1 Å². The van der Waals surface area contributed by atoms with E-state index >= 15 is 0 Å². The van der Waals surface area contributed by atoms with Gasteiger partial charge in [0.25, 0.3) is 5.91 Å². The van der Waals surface area contributed by atoms with Crippen molar-refractivity contribution in [3.63, 3.8) is 0 Å². The molecule has 0 radical (unpaired) electrons. The summed E-state index contributed by atoms with van der Waals surface area (Å²) in [6.45, 7) is 6.19. The van der Waals surface area contributed by atoms with Gasteiger partial charge in [0.05, 0.1) is 19.8 Å². The third-order valence-corrected chi connectivity index (χ3v) is 5.25. The highest BCUT2D eigenvalue weighted by molar-refractivity contribution is 5.98. The number of H-pyrrole nitrogens is 1. The van der Waals surface area contributed by atoms with Gasteiger partial charge in [-0.2, -0.15) is 0 Å². The topological polar surface area (TPSA) is 66.6 Å². The lowest BCUT2D eigenvalue weighted by Gasteiger charge is -2.31. The highest BCUT2D eigenvalue weighted by Crippen LogP contribution is 2.21. The number of aromatic amines is 1. The van der Waals surface area contributed by atoms with E-state index in [1.807, 2.05) is 30.3 Å². The van der Waals surface area contributed by atoms with Crippen LogP contribution in [-0.2, 0) is 17.8 Å². The number of hydrogen-bond acceptors (Lipinski definition) is 4. The molecule has 1 aromatic heterocycles. The fourth-order valence-corrected chi connectivity index (χ4v) is 3.76. The molecule has 1 fully saturated rings. The number of rotatable bonds is 6. The molecule has 1 aliphatic rings. The summed E-state index contributed by atoms with van der Waals surface area (Å²) in [4.78, 5) is 18.2. The Labute approximate surface area is 170 Å². The number of aromatic nitrogens is 1. The number of fused-ring (bicyclic) bond motifs is 1. The van der Waals surface area contributed by atoms with Crippen molar-refractivity contribution in [3.8, 4) is 5.75 Å². The Morgan fingerprint density at radius 2 is 2.10 bits per heavy atom. The summed E-state index contributed by atoms with van der Waals surface area (Å²) in [7, 11) is 1.63. The summed E-state index contributed by atoms with van der Waals surface area (Å²) < 4.78 is 10.8. The predicted octanol–water partition coefficient (Wildman–Crippen LogP) is 3.33. The van der Waals surface area contributed by atoms with Crippen LogP contribution in [-0.4, -0.2) is 48.7 Å². The molecule has 4 rings (SSSR count). The molecule has 1 unspecified atom stereocenters. The van der Waals surface area contributed by atoms with Crippen LogP contribution in [0.3, 0.4) is 0 Å². The fourth-order valence-electron chi connectivity index (χ4n) is 3.76. The van der Waals surface area contributed by atoms with Gasteiger partial charge >= 0.3 is 0 Å². The number of benzene rings is 2. The summed E-state index contributed by atoms with van der Waals surface area (Å²) >= 11 is 0. The number of ether oxygens (including phenoxy) is 2. The highest BCUT2D eigenvalue weighted by Gasteiger charge is 2.16. The maximum absolute atomic E-state index is 12.6.